The number of carbonyl (C=O) groups excluding carboxylic acids is 1. The molecule has 0 spiro atoms. The third-order valence-electron chi connectivity index (χ3n) is 3.71. The van der Waals surface area contributed by atoms with Gasteiger partial charge in [0.2, 0.25) is 10.8 Å². The number of hydrogen-bond acceptors (Lipinski definition) is 6. The number of thiophene rings is 1. The van der Waals surface area contributed by atoms with Crippen LogP contribution in [-0.4, -0.2) is 26.2 Å². The Kier molecular flexibility index (Phi) is 4.20. The number of carbonyl (C=O) groups is 1. The predicted molar refractivity (Wildman–Crippen MR) is 91.5 cm³/mol. The van der Waals surface area contributed by atoms with Crippen molar-refractivity contribution in [1.29, 1.82) is 0 Å². The lowest BCUT2D eigenvalue weighted by atomic mass is 9.92. The summed E-state index contributed by atoms with van der Waals surface area (Å²) in [4.78, 5) is 12.4. The van der Waals surface area contributed by atoms with Gasteiger partial charge in [-0.3, -0.25) is 0 Å². The molecule has 5 nitrogen and oxygen atoms in total. The molecule has 1 aromatic carbocycles. The van der Waals surface area contributed by atoms with Gasteiger partial charge in [-0.05, 0) is 43.0 Å². The van der Waals surface area contributed by atoms with Gasteiger partial charge in [0.25, 0.3) is 0 Å². The van der Waals surface area contributed by atoms with Crippen molar-refractivity contribution >= 4 is 32.7 Å². The standard InChI is InChI=1S/C17H15FO5S2/c1-17(2)13(10-4-6-11(7-5-10)25(3,20)21)14(15(19)23-17)22-16-12(18)8-9-24-16/h4-9H,1-3H3. The van der Waals surface area contributed by atoms with Crippen LogP contribution in [-0.2, 0) is 19.4 Å². The zero-order chi connectivity index (χ0) is 18.4. The molecule has 8 heteroatoms. The van der Waals surface area contributed by atoms with E-state index in [4.69, 9.17) is 9.47 Å². The number of rotatable bonds is 4. The lowest BCUT2D eigenvalue weighted by Crippen LogP contribution is -2.22. The normalized spacial score (nSPS) is 16.9. The second-order valence-corrected chi connectivity index (χ2v) is 8.95. The summed E-state index contributed by atoms with van der Waals surface area (Å²) in [6, 6.07) is 7.28. The van der Waals surface area contributed by atoms with Crippen LogP contribution in [0.5, 0.6) is 5.06 Å². The minimum Gasteiger partial charge on any atom is -0.449 e. The Morgan fingerprint density at radius 2 is 1.80 bits per heavy atom. The van der Waals surface area contributed by atoms with E-state index in [1.807, 2.05) is 0 Å². The van der Waals surface area contributed by atoms with Gasteiger partial charge in [0.05, 0.1) is 10.5 Å². The maximum absolute atomic E-state index is 13.7. The van der Waals surface area contributed by atoms with Crippen molar-refractivity contribution in [2.24, 2.45) is 0 Å². The molecule has 1 aliphatic heterocycles. The molecule has 1 aromatic heterocycles. The van der Waals surface area contributed by atoms with E-state index in [1.165, 1.54) is 23.6 Å². The number of esters is 1. The molecule has 0 aliphatic carbocycles. The molecule has 0 saturated carbocycles. The highest BCUT2D eigenvalue weighted by Gasteiger charge is 2.43. The molecular formula is C17H15FO5S2. The van der Waals surface area contributed by atoms with Crippen LogP contribution in [0, 0.1) is 5.82 Å². The third kappa shape index (κ3) is 3.32. The summed E-state index contributed by atoms with van der Waals surface area (Å²) in [5, 5.41) is 1.48. The van der Waals surface area contributed by atoms with Gasteiger partial charge in [0.15, 0.2) is 15.7 Å². The highest BCUT2D eigenvalue weighted by atomic mass is 32.2. The van der Waals surface area contributed by atoms with Gasteiger partial charge in [-0.25, -0.2) is 17.6 Å². The molecule has 0 unspecified atom stereocenters. The number of ether oxygens (including phenoxy) is 2. The van der Waals surface area contributed by atoms with E-state index in [2.05, 4.69) is 0 Å². The second-order valence-electron chi connectivity index (χ2n) is 6.06. The summed E-state index contributed by atoms with van der Waals surface area (Å²) in [6.07, 6.45) is 1.11. The summed E-state index contributed by atoms with van der Waals surface area (Å²) < 4.78 is 47.7. The van der Waals surface area contributed by atoms with Gasteiger partial charge in [0.1, 0.15) is 5.60 Å². The fraction of sp³-hybridized carbons (Fsp3) is 0.235. The van der Waals surface area contributed by atoms with E-state index in [9.17, 15) is 17.6 Å². The lowest BCUT2D eigenvalue weighted by Gasteiger charge is -2.21. The summed E-state index contributed by atoms with van der Waals surface area (Å²) >= 11 is 1.02. The van der Waals surface area contributed by atoms with Crippen LogP contribution in [0.25, 0.3) is 5.57 Å². The fourth-order valence-electron chi connectivity index (χ4n) is 2.59. The van der Waals surface area contributed by atoms with Crippen molar-refractivity contribution in [2.45, 2.75) is 24.3 Å². The highest BCUT2D eigenvalue weighted by molar-refractivity contribution is 7.90. The van der Waals surface area contributed by atoms with E-state index in [0.29, 0.717) is 11.1 Å². The Bertz CT molecular complexity index is 969. The zero-order valence-corrected chi connectivity index (χ0v) is 15.3. The Morgan fingerprint density at radius 1 is 1.16 bits per heavy atom. The molecule has 1 aliphatic rings. The number of hydrogen-bond donors (Lipinski definition) is 0. The number of halogens is 1. The Balaban J connectivity index is 2.10. The largest absolute Gasteiger partial charge is 0.449 e. The van der Waals surface area contributed by atoms with Crippen LogP contribution >= 0.6 is 11.3 Å². The van der Waals surface area contributed by atoms with Crippen LogP contribution in [0.15, 0.2) is 46.4 Å². The summed E-state index contributed by atoms with van der Waals surface area (Å²) in [5.74, 6) is -1.36. The van der Waals surface area contributed by atoms with Crippen molar-refractivity contribution in [3.8, 4) is 5.06 Å². The van der Waals surface area contributed by atoms with Gasteiger partial charge < -0.3 is 9.47 Å². The van der Waals surface area contributed by atoms with Crippen molar-refractivity contribution < 1.29 is 27.1 Å². The molecule has 2 heterocycles. The fourth-order valence-corrected chi connectivity index (χ4v) is 3.84. The number of sulfone groups is 1. The van der Waals surface area contributed by atoms with Crippen LogP contribution in [0.2, 0.25) is 0 Å². The molecule has 2 aromatic rings. The minimum absolute atomic E-state index is 0.0325. The molecule has 25 heavy (non-hydrogen) atoms. The van der Waals surface area contributed by atoms with Crippen molar-refractivity contribution in [1.82, 2.24) is 0 Å². The minimum atomic E-state index is -3.34. The first-order valence-electron chi connectivity index (χ1n) is 7.29. The molecule has 132 valence electrons. The van der Waals surface area contributed by atoms with Gasteiger partial charge >= 0.3 is 5.97 Å². The van der Waals surface area contributed by atoms with E-state index in [0.717, 1.165) is 17.6 Å². The maximum Gasteiger partial charge on any atom is 0.375 e. The SMILES string of the molecule is CC1(C)OC(=O)C(Oc2sccc2F)=C1c1ccc(S(C)(=O)=O)cc1. The molecule has 0 bridgehead atoms. The molecule has 0 N–H and O–H groups in total. The van der Waals surface area contributed by atoms with Crippen molar-refractivity contribution in [2.75, 3.05) is 6.26 Å². The van der Waals surface area contributed by atoms with Crippen LogP contribution in [0.1, 0.15) is 19.4 Å². The predicted octanol–water partition coefficient (Wildman–Crippen LogP) is 3.42. The molecule has 3 rings (SSSR count). The van der Waals surface area contributed by atoms with Crippen LogP contribution < -0.4 is 4.74 Å². The van der Waals surface area contributed by atoms with Crippen LogP contribution in [0.3, 0.4) is 0 Å². The number of benzene rings is 1. The van der Waals surface area contributed by atoms with Gasteiger partial charge in [-0.15, -0.1) is 11.3 Å². The van der Waals surface area contributed by atoms with Crippen molar-refractivity contribution in [3.05, 3.63) is 52.9 Å². The van der Waals surface area contributed by atoms with E-state index in [-0.39, 0.29) is 15.7 Å². The van der Waals surface area contributed by atoms with Gasteiger partial charge in [-0.1, -0.05) is 12.1 Å². The first kappa shape index (κ1) is 17.6. The maximum atomic E-state index is 13.7. The average molecular weight is 382 g/mol. The molecule has 0 atom stereocenters. The quantitative estimate of drug-likeness (QED) is 0.758. The molecule has 0 fully saturated rings. The molecular weight excluding hydrogens is 367 g/mol. The molecule has 0 amide bonds. The summed E-state index contributed by atoms with van der Waals surface area (Å²) in [5.41, 5.74) is 0.00723. The Labute approximate surface area is 148 Å². The highest BCUT2D eigenvalue weighted by Crippen LogP contribution is 2.41. The first-order chi connectivity index (χ1) is 11.6. The number of cyclic esters (lactones) is 1. The molecule has 0 saturated heterocycles. The van der Waals surface area contributed by atoms with Gasteiger partial charge in [0, 0.05) is 6.26 Å². The second kappa shape index (κ2) is 5.96. The third-order valence-corrected chi connectivity index (χ3v) is 5.61. The molecule has 0 radical (unpaired) electrons. The lowest BCUT2D eigenvalue weighted by molar-refractivity contribution is -0.145. The smallest absolute Gasteiger partial charge is 0.375 e. The van der Waals surface area contributed by atoms with E-state index >= 15 is 0 Å². The van der Waals surface area contributed by atoms with Crippen LogP contribution in [0.4, 0.5) is 4.39 Å². The topological polar surface area (TPSA) is 69.7 Å². The monoisotopic (exact) mass is 382 g/mol. The summed E-state index contributed by atoms with van der Waals surface area (Å²) in [7, 11) is -3.34. The first-order valence-corrected chi connectivity index (χ1v) is 10.1. The Hall–Kier alpha value is -2.19. The average Bonchev–Trinajstić information content (AvgIpc) is 2.99. The Morgan fingerprint density at radius 3 is 2.32 bits per heavy atom. The van der Waals surface area contributed by atoms with Gasteiger partial charge in [-0.2, -0.15) is 0 Å². The summed E-state index contributed by atoms with van der Waals surface area (Å²) in [6.45, 7) is 3.37. The van der Waals surface area contributed by atoms with Crippen molar-refractivity contribution in [3.63, 3.8) is 0 Å². The van der Waals surface area contributed by atoms with E-state index in [1.54, 1.807) is 26.0 Å². The van der Waals surface area contributed by atoms with E-state index < -0.39 is 27.2 Å². The zero-order valence-electron chi connectivity index (χ0n) is 13.7.